The van der Waals surface area contributed by atoms with Gasteiger partial charge in [0.25, 0.3) is 0 Å². The summed E-state index contributed by atoms with van der Waals surface area (Å²) in [6.07, 6.45) is 3.05. The highest BCUT2D eigenvalue weighted by atomic mass is 16.6. The van der Waals surface area contributed by atoms with Gasteiger partial charge in [0.05, 0.1) is 0 Å². The minimum atomic E-state index is -0.894. The molecule has 13 heavy (non-hydrogen) atoms. The normalized spacial score (nSPS) is 22.0. The Bertz CT molecular complexity index is 270. The van der Waals surface area contributed by atoms with E-state index in [1.807, 2.05) is 6.92 Å². The highest BCUT2D eigenvalue weighted by molar-refractivity contribution is 5.84. The second-order valence-electron chi connectivity index (χ2n) is 2.78. The smallest absolute Gasteiger partial charge is 0.331 e. The average Bonchev–Trinajstić information content (AvgIpc) is 2.52. The molecule has 0 aromatic heterocycles. The molecule has 0 fully saturated rings. The number of cyclic esters (lactones) is 1. The first-order valence-corrected chi connectivity index (χ1v) is 4.29. The van der Waals surface area contributed by atoms with Crippen LogP contribution in [0.1, 0.15) is 19.8 Å². The highest BCUT2D eigenvalue weighted by Gasteiger charge is 2.22. The summed E-state index contributed by atoms with van der Waals surface area (Å²) in [6, 6.07) is 0. The Morgan fingerprint density at radius 1 is 1.77 bits per heavy atom. The zero-order chi connectivity index (χ0) is 9.68. The Balaban J connectivity index is 2.41. The van der Waals surface area contributed by atoms with Crippen LogP contribution in [0.4, 0.5) is 0 Å². The third-order valence-electron chi connectivity index (χ3n) is 1.61. The molecule has 0 bridgehead atoms. The molecule has 0 amide bonds. The molecule has 0 radical (unpaired) electrons. The Morgan fingerprint density at radius 2 is 2.54 bits per heavy atom. The van der Waals surface area contributed by atoms with E-state index in [-0.39, 0.29) is 0 Å². The number of rotatable bonds is 2. The van der Waals surface area contributed by atoms with E-state index >= 15 is 0 Å². The molecule has 70 valence electrons. The van der Waals surface area contributed by atoms with Crippen LogP contribution < -0.4 is 0 Å². The molecule has 0 saturated carbocycles. The summed E-state index contributed by atoms with van der Waals surface area (Å²) in [5.74, 6) is 5.01. The topological polar surface area (TPSA) is 46.5 Å². The zero-order valence-corrected chi connectivity index (χ0v) is 7.49. The third-order valence-corrected chi connectivity index (χ3v) is 1.61. The zero-order valence-electron chi connectivity index (χ0n) is 7.49. The Labute approximate surface area is 77.4 Å². The van der Waals surface area contributed by atoms with Crippen LogP contribution in [0.3, 0.4) is 0 Å². The molecule has 0 aromatic rings. The maximum Gasteiger partial charge on any atom is 0.331 e. The molecule has 1 heterocycles. The van der Waals surface area contributed by atoms with Gasteiger partial charge in [0, 0.05) is 12.5 Å². The number of aliphatic hydroxyl groups excluding tert-OH is 1. The van der Waals surface area contributed by atoms with Gasteiger partial charge in [0.1, 0.15) is 0 Å². The number of unbranched alkanes of at least 4 members (excludes halogenated alkanes) is 1. The van der Waals surface area contributed by atoms with Crippen molar-refractivity contribution >= 4 is 5.97 Å². The fourth-order valence-electron chi connectivity index (χ4n) is 0.940. The molecule has 3 nitrogen and oxygen atoms in total. The molecule has 1 N–H and O–H groups in total. The van der Waals surface area contributed by atoms with Crippen LogP contribution in [0, 0.1) is 11.8 Å². The number of carbonyl (C=O) groups excluding carboxylic acids is 1. The van der Waals surface area contributed by atoms with Gasteiger partial charge in [0.2, 0.25) is 0 Å². The van der Waals surface area contributed by atoms with Crippen molar-refractivity contribution in [1.29, 1.82) is 0 Å². The molecule has 0 spiro atoms. The van der Waals surface area contributed by atoms with E-state index < -0.39 is 18.2 Å². The summed E-state index contributed by atoms with van der Waals surface area (Å²) < 4.78 is 4.75. The molecule has 1 rings (SSSR count). The average molecular weight is 180 g/mol. The van der Waals surface area contributed by atoms with E-state index in [0.29, 0.717) is 0 Å². The first kappa shape index (κ1) is 9.82. The maximum atomic E-state index is 10.6. The van der Waals surface area contributed by atoms with Crippen molar-refractivity contribution in [3.8, 4) is 11.8 Å². The standard InChI is InChI=1S/C10H12O3/c1-2-3-4-5-8(11)9-6-7-10(12)13-9/h6-9,11H,2-3H2,1H3. The maximum absolute atomic E-state index is 10.6. The predicted octanol–water partition coefficient (Wildman–Crippen LogP) is 0.632. The summed E-state index contributed by atoms with van der Waals surface area (Å²) in [7, 11) is 0. The van der Waals surface area contributed by atoms with E-state index in [9.17, 15) is 9.90 Å². The fourth-order valence-corrected chi connectivity index (χ4v) is 0.940. The fraction of sp³-hybridized carbons (Fsp3) is 0.500. The van der Waals surface area contributed by atoms with Crippen LogP contribution in [0.25, 0.3) is 0 Å². The second kappa shape index (κ2) is 4.68. The van der Waals surface area contributed by atoms with Gasteiger partial charge in [-0.05, 0) is 12.5 Å². The van der Waals surface area contributed by atoms with Crippen molar-refractivity contribution in [2.24, 2.45) is 0 Å². The molecule has 0 aliphatic carbocycles. The highest BCUT2D eigenvalue weighted by Crippen LogP contribution is 2.08. The number of hydrogen-bond acceptors (Lipinski definition) is 3. The largest absolute Gasteiger partial charge is 0.451 e. The summed E-state index contributed by atoms with van der Waals surface area (Å²) in [5, 5.41) is 9.39. The molecule has 2 unspecified atom stereocenters. The van der Waals surface area contributed by atoms with Crippen molar-refractivity contribution in [2.45, 2.75) is 32.0 Å². The van der Waals surface area contributed by atoms with Crippen molar-refractivity contribution in [1.82, 2.24) is 0 Å². The van der Waals surface area contributed by atoms with Gasteiger partial charge in [-0.2, -0.15) is 0 Å². The first-order valence-electron chi connectivity index (χ1n) is 4.29. The van der Waals surface area contributed by atoms with E-state index in [1.165, 1.54) is 12.2 Å². The predicted molar refractivity (Wildman–Crippen MR) is 47.7 cm³/mol. The second-order valence-corrected chi connectivity index (χ2v) is 2.78. The van der Waals surface area contributed by atoms with Crippen LogP contribution in [0.5, 0.6) is 0 Å². The Kier molecular flexibility index (Phi) is 3.53. The molecule has 1 aliphatic heterocycles. The molecular formula is C10H12O3. The minimum Gasteiger partial charge on any atom is -0.451 e. The van der Waals surface area contributed by atoms with E-state index in [0.717, 1.165) is 12.8 Å². The third kappa shape index (κ3) is 2.92. The van der Waals surface area contributed by atoms with Crippen LogP contribution in [0.15, 0.2) is 12.2 Å². The van der Waals surface area contributed by atoms with Gasteiger partial charge >= 0.3 is 5.97 Å². The summed E-state index contributed by atoms with van der Waals surface area (Å²) in [5.41, 5.74) is 0. The summed E-state index contributed by atoms with van der Waals surface area (Å²) in [4.78, 5) is 10.6. The van der Waals surface area contributed by atoms with Gasteiger partial charge in [-0.3, -0.25) is 0 Å². The molecule has 0 saturated heterocycles. The number of aliphatic hydroxyl groups is 1. The van der Waals surface area contributed by atoms with Crippen LogP contribution >= 0.6 is 0 Å². The number of hydrogen-bond donors (Lipinski definition) is 1. The van der Waals surface area contributed by atoms with Gasteiger partial charge < -0.3 is 9.84 Å². The quantitative estimate of drug-likeness (QED) is 0.501. The minimum absolute atomic E-state index is 0.415. The molecule has 1 aliphatic rings. The molecule has 2 atom stereocenters. The molecule has 0 aromatic carbocycles. The summed E-state index contributed by atoms with van der Waals surface area (Å²) in [6.45, 7) is 2.01. The number of ether oxygens (including phenoxy) is 1. The lowest BCUT2D eigenvalue weighted by Crippen LogP contribution is -2.23. The van der Waals surface area contributed by atoms with Gasteiger partial charge in [-0.1, -0.05) is 12.8 Å². The van der Waals surface area contributed by atoms with Crippen LogP contribution in [-0.2, 0) is 9.53 Å². The summed E-state index contributed by atoms with van der Waals surface area (Å²) >= 11 is 0. The van der Waals surface area contributed by atoms with Crippen molar-refractivity contribution in [3.05, 3.63) is 12.2 Å². The van der Waals surface area contributed by atoms with Crippen molar-refractivity contribution in [3.63, 3.8) is 0 Å². The Hall–Kier alpha value is -1.27. The number of carbonyl (C=O) groups is 1. The number of esters is 1. The molecular weight excluding hydrogens is 168 g/mol. The van der Waals surface area contributed by atoms with Crippen LogP contribution in [0.2, 0.25) is 0 Å². The molecule has 3 heteroatoms. The van der Waals surface area contributed by atoms with Gasteiger partial charge in [-0.25, -0.2) is 4.79 Å². The van der Waals surface area contributed by atoms with E-state index in [1.54, 1.807) is 0 Å². The van der Waals surface area contributed by atoms with E-state index in [4.69, 9.17) is 4.74 Å². The lowest BCUT2D eigenvalue weighted by molar-refractivity contribution is -0.141. The van der Waals surface area contributed by atoms with Crippen molar-refractivity contribution in [2.75, 3.05) is 0 Å². The lowest BCUT2D eigenvalue weighted by Gasteiger charge is -2.09. The van der Waals surface area contributed by atoms with Gasteiger partial charge in [-0.15, -0.1) is 5.92 Å². The first-order chi connectivity index (χ1) is 6.24. The van der Waals surface area contributed by atoms with Crippen molar-refractivity contribution < 1.29 is 14.6 Å². The SMILES string of the molecule is CCCC#CC(O)C1C=CC(=O)O1. The lowest BCUT2D eigenvalue weighted by atomic mass is 10.2. The van der Waals surface area contributed by atoms with E-state index in [2.05, 4.69) is 11.8 Å². The monoisotopic (exact) mass is 180 g/mol. The van der Waals surface area contributed by atoms with Gasteiger partial charge in [0.15, 0.2) is 12.2 Å². The Morgan fingerprint density at radius 3 is 3.08 bits per heavy atom. The van der Waals surface area contributed by atoms with Crippen LogP contribution in [-0.4, -0.2) is 23.3 Å².